The number of carbonyl (C=O) groups excluding carboxylic acids is 5. The van der Waals surface area contributed by atoms with Gasteiger partial charge >= 0.3 is 0 Å². The van der Waals surface area contributed by atoms with Gasteiger partial charge in [-0.15, -0.1) is 0 Å². The zero-order valence-electron chi connectivity index (χ0n) is 24.7. The van der Waals surface area contributed by atoms with Crippen molar-refractivity contribution in [2.24, 2.45) is 5.92 Å². The van der Waals surface area contributed by atoms with Crippen molar-refractivity contribution in [2.45, 2.75) is 82.8 Å². The molecule has 0 bridgehead atoms. The van der Waals surface area contributed by atoms with Crippen LogP contribution in [0.15, 0.2) is 54.6 Å². The molecule has 10 nitrogen and oxygen atoms in total. The molecule has 0 unspecified atom stereocenters. The Morgan fingerprint density at radius 2 is 1.33 bits per heavy atom. The summed E-state index contributed by atoms with van der Waals surface area (Å²) in [5, 5.41) is 26.4. The number of amides is 3. The molecule has 0 spiro atoms. The van der Waals surface area contributed by atoms with Gasteiger partial charge in [0.15, 0.2) is 11.6 Å². The lowest BCUT2D eigenvalue weighted by Gasteiger charge is -2.24. The second-order valence-electron chi connectivity index (χ2n) is 11.2. The minimum absolute atomic E-state index is 0.0440. The van der Waals surface area contributed by atoms with Crippen LogP contribution in [0.25, 0.3) is 0 Å². The van der Waals surface area contributed by atoms with E-state index < -0.39 is 43.2 Å². The average molecular weight is 594 g/mol. The highest BCUT2D eigenvalue weighted by Gasteiger charge is 2.32. The van der Waals surface area contributed by atoms with Gasteiger partial charge in [-0.05, 0) is 49.8 Å². The van der Waals surface area contributed by atoms with Gasteiger partial charge in [0, 0.05) is 31.2 Å². The molecule has 10 heteroatoms. The van der Waals surface area contributed by atoms with E-state index in [4.69, 9.17) is 10.2 Å². The normalized spacial score (nSPS) is 14.6. The molecule has 1 aliphatic carbocycles. The second-order valence-corrected chi connectivity index (χ2v) is 11.2. The Kier molecular flexibility index (Phi) is 13.5. The molecule has 43 heavy (non-hydrogen) atoms. The SMILES string of the molecule is Cc1ccc(C(=O)N[C@@H](Cc2ccccc2)C(=O)CCC(=O)N[C@H](C(=O)CCC(=O)NC(CO)CO)C2CCCC2)cc1. The summed E-state index contributed by atoms with van der Waals surface area (Å²) in [4.78, 5) is 64.5. The zero-order valence-corrected chi connectivity index (χ0v) is 24.7. The van der Waals surface area contributed by atoms with E-state index >= 15 is 0 Å². The van der Waals surface area contributed by atoms with Crippen LogP contribution < -0.4 is 16.0 Å². The first-order valence-corrected chi connectivity index (χ1v) is 15.0. The van der Waals surface area contributed by atoms with Gasteiger partial charge in [0.05, 0.1) is 31.3 Å². The number of carbonyl (C=O) groups is 5. The fourth-order valence-corrected chi connectivity index (χ4v) is 5.29. The van der Waals surface area contributed by atoms with E-state index in [1.54, 1.807) is 12.1 Å². The third-order valence-corrected chi connectivity index (χ3v) is 7.83. The number of ketones is 2. The van der Waals surface area contributed by atoms with Crippen LogP contribution in [0, 0.1) is 12.8 Å². The van der Waals surface area contributed by atoms with Gasteiger partial charge in [-0.2, -0.15) is 0 Å². The first kappa shape index (κ1) is 33.6. The van der Waals surface area contributed by atoms with E-state index in [9.17, 15) is 24.0 Å². The van der Waals surface area contributed by atoms with Crippen molar-refractivity contribution in [3.05, 3.63) is 71.3 Å². The first-order chi connectivity index (χ1) is 20.7. The van der Waals surface area contributed by atoms with Crippen LogP contribution >= 0.6 is 0 Å². The van der Waals surface area contributed by atoms with E-state index in [1.807, 2.05) is 49.4 Å². The Labute approximate surface area is 252 Å². The fourth-order valence-electron chi connectivity index (χ4n) is 5.29. The van der Waals surface area contributed by atoms with Crippen molar-refractivity contribution in [1.29, 1.82) is 0 Å². The summed E-state index contributed by atoms with van der Waals surface area (Å²) in [7, 11) is 0. The maximum absolute atomic E-state index is 13.3. The van der Waals surface area contributed by atoms with Crippen molar-refractivity contribution in [1.82, 2.24) is 16.0 Å². The Morgan fingerprint density at radius 3 is 1.93 bits per heavy atom. The third kappa shape index (κ3) is 11.0. The molecule has 1 aliphatic rings. The highest BCUT2D eigenvalue weighted by atomic mass is 16.3. The predicted octanol–water partition coefficient (Wildman–Crippen LogP) is 2.18. The van der Waals surface area contributed by atoms with Crippen molar-refractivity contribution in [3.8, 4) is 0 Å². The molecule has 0 radical (unpaired) electrons. The van der Waals surface area contributed by atoms with Crippen LogP contribution in [-0.2, 0) is 25.6 Å². The molecule has 0 aliphatic heterocycles. The number of aryl methyl sites for hydroxylation is 1. The van der Waals surface area contributed by atoms with E-state index in [0.29, 0.717) is 5.56 Å². The van der Waals surface area contributed by atoms with Crippen molar-refractivity contribution >= 4 is 29.3 Å². The monoisotopic (exact) mass is 593 g/mol. The summed E-state index contributed by atoms with van der Waals surface area (Å²) < 4.78 is 0. The van der Waals surface area contributed by atoms with Gasteiger partial charge in [-0.1, -0.05) is 60.9 Å². The first-order valence-electron chi connectivity index (χ1n) is 15.0. The van der Waals surface area contributed by atoms with Crippen LogP contribution in [-0.4, -0.2) is 70.8 Å². The summed E-state index contributed by atoms with van der Waals surface area (Å²) in [6.07, 6.45) is 3.24. The predicted molar refractivity (Wildman–Crippen MR) is 161 cm³/mol. The van der Waals surface area contributed by atoms with Crippen LogP contribution in [0.2, 0.25) is 0 Å². The summed E-state index contributed by atoms with van der Waals surface area (Å²) in [5.41, 5.74) is 2.31. The molecule has 0 saturated heterocycles. The number of hydrogen-bond donors (Lipinski definition) is 5. The van der Waals surface area contributed by atoms with E-state index in [1.165, 1.54) is 0 Å². The van der Waals surface area contributed by atoms with Gasteiger partial charge in [-0.3, -0.25) is 24.0 Å². The van der Waals surface area contributed by atoms with Crippen LogP contribution in [0.3, 0.4) is 0 Å². The van der Waals surface area contributed by atoms with Crippen LogP contribution in [0.4, 0.5) is 0 Å². The quantitative estimate of drug-likeness (QED) is 0.188. The summed E-state index contributed by atoms with van der Waals surface area (Å²) >= 11 is 0. The number of Topliss-reactive ketones (excluding diaryl/α,β-unsaturated/α-hetero) is 2. The largest absolute Gasteiger partial charge is 0.394 e. The third-order valence-electron chi connectivity index (χ3n) is 7.83. The molecular formula is C33H43N3O7. The topological polar surface area (TPSA) is 162 Å². The number of aliphatic hydroxyl groups is 2. The molecule has 0 aromatic heterocycles. The maximum Gasteiger partial charge on any atom is 0.251 e. The fraction of sp³-hybridized carbons (Fsp3) is 0.485. The van der Waals surface area contributed by atoms with Crippen LogP contribution in [0.1, 0.15) is 72.9 Å². The number of hydrogen-bond acceptors (Lipinski definition) is 7. The molecule has 2 aromatic carbocycles. The van der Waals surface area contributed by atoms with Crippen LogP contribution in [0.5, 0.6) is 0 Å². The number of aliphatic hydroxyl groups excluding tert-OH is 2. The summed E-state index contributed by atoms with van der Waals surface area (Å²) in [6, 6.07) is 14.0. The van der Waals surface area contributed by atoms with E-state index in [-0.39, 0.29) is 55.5 Å². The smallest absolute Gasteiger partial charge is 0.251 e. The highest BCUT2D eigenvalue weighted by molar-refractivity contribution is 5.99. The average Bonchev–Trinajstić information content (AvgIpc) is 3.55. The van der Waals surface area contributed by atoms with Gasteiger partial charge in [0.1, 0.15) is 0 Å². The van der Waals surface area contributed by atoms with E-state index in [0.717, 1.165) is 36.8 Å². The standard InChI is InChI=1S/C33H43N3O7/c1-22-11-13-25(14-12-22)33(43)35-27(19-23-7-3-2-4-8-23)28(39)15-17-31(42)36-32(24-9-5-6-10-24)29(40)16-18-30(41)34-26(20-37)21-38/h2-4,7-8,11-14,24,26-27,32,37-38H,5-6,9-10,15-21H2,1H3,(H,34,41)(H,35,43)(H,36,42)/t27-,32-/m0/s1. The van der Waals surface area contributed by atoms with Gasteiger partial charge in [-0.25, -0.2) is 0 Å². The second kappa shape index (κ2) is 17.3. The van der Waals surface area contributed by atoms with Gasteiger partial charge < -0.3 is 26.2 Å². The molecule has 0 heterocycles. The zero-order chi connectivity index (χ0) is 31.2. The van der Waals surface area contributed by atoms with Crippen molar-refractivity contribution in [2.75, 3.05) is 13.2 Å². The molecular weight excluding hydrogens is 550 g/mol. The lowest BCUT2D eigenvalue weighted by atomic mass is 9.92. The molecule has 2 aromatic rings. The lowest BCUT2D eigenvalue weighted by Crippen LogP contribution is -2.46. The van der Waals surface area contributed by atoms with Crippen molar-refractivity contribution in [3.63, 3.8) is 0 Å². The highest BCUT2D eigenvalue weighted by Crippen LogP contribution is 2.29. The minimum atomic E-state index is -0.837. The molecule has 1 saturated carbocycles. The Balaban J connectivity index is 1.60. The molecule has 2 atom stereocenters. The number of benzene rings is 2. The van der Waals surface area contributed by atoms with Gasteiger partial charge in [0.2, 0.25) is 11.8 Å². The Bertz CT molecular complexity index is 1220. The molecule has 1 fully saturated rings. The Hall–Kier alpha value is -3.89. The molecule has 232 valence electrons. The number of nitrogens with one attached hydrogen (secondary N) is 3. The summed E-state index contributed by atoms with van der Waals surface area (Å²) in [5.74, 6) is -1.88. The molecule has 3 amide bonds. The van der Waals surface area contributed by atoms with Crippen molar-refractivity contribution < 1.29 is 34.2 Å². The lowest BCUT2D eigenvalue weighted by molar-refractivity contribution is -0.131. The maximum atomic E-state index is 13.3. The molecule has 5 N–H and O–H groups in total. The van der Waals surface area contributed by atoms with E-state index in [2.05, 4.69) is 16.0 Å². The number of rotatable bonds is 17. The minimum Gasteiger partial charge on any atom is -0.394 e. The summed E-state index contributed by atoms with van der Waals surface area (Å²) in [6.45, 7) is 1.08. The Morgan fingerprint density at radius 1 is 0.744 bits per heavy atom. The molecule has 3 rings (SSSR count). The van der Waals surface area contributed by atoms with Gasteiger partial charge in [0.25, 0.3) is 5.91 Å².